The van der Waals surface area contributed by atoms with Crippen LogP contribution in [-0.4, -0.2) is 36.0 Å². The summed E-state index contributed by atoms with van der Waals surface area (Å²) in [6.45, 7) is 4.00. The van der Waals surface area contributed by atoms with Gasteiger partial charge in [0.2, 0.25) is 17.7 Å². The van der Waals surface area contributed by atoms with E-state index in [-0.39, 0.29) is 0 Å². The van der Waals surface area contributed by atoms with E-state index in [9.17, 15) is 14.0 Å². The number of nitrogens with zero attached hydrogens (tertiary/aromatic N) is 2. The number of carbonyl (C=O) groups excluding carboxylic acids is 2. The van der Waals surface area contributed by atoms with Crippen molar-refractivity contribution >= 4 is 34.1 Å². The number of rotatable bonds is 8. The van der Waals surface area contributed by atoms with Crippen LogP contribution in [0.4, 0.5) is 15.8 Å². The van der Waals surface area contributed by atoms with Gasteiger partial charge >= 0.3 is 0 Å². The lowest BCUT2D eigenvalue weighted by atomic mass is 10.0. The monoisotopic (exact) mass is 532 g/mol. The summed E-state index contributed by atoms with van der Waals surface area (Å²) < 4.78 is 29.8. The summed E-state index contributed by atoms with van der Waals surface area (Å²) in [5, 5.41) is 6.13. The highest BCUT2D eigenvalue weighted by Crippen LogP contribution is 2.47. The molecule has 0 spiro atoms. The number of anilines is 2. The van der Waals surface area contributed by atoms with Gasteiger partial charge in [-0.15, -0.1) is 0 Å². The van der Waals surface area contributed by atoms with Gasteiger partial charge < -0.3 is 24.8 Å². The molecule has 202 valence electrons. The fraction of sp³-hybridized carbons (Fsp3) is 0.241. The minimum absolute atomic E-state index is 0.331. The van der Waals surface area contributed by atoms with Gasteiger partial charge in [0.1, 0.15) is 23.3 Å². The number of carbonyl (C=O) groups is 2. The van der Waals surface area contributed by atoms with Crippen LogP contribution < -0.4 is 24.8 Å². The Balaban J connectivity index is 0.00000172. The first kappa shape index (κ1) is 27.3. The van der Waals surface area contributed by atoms with Gasteiger partial charge in [-0.2, -0.15) is 0 Å². The van der Waals surface area contributed by atoms with Crippen molar-refractivity contribution in [1.82, 2.24) is 9.97 Å². The highest BCUT2D eigenvalue weighted by Gasteiger charge is 2.56. The lowest BCUT2D eigenvalue weighted by Gasteiger charge is -2.16. The van der Waals surface area contributed by atoms with Gasteiger partial charge in [0.15, 0.2) is 11.5 Å². The second-order valence-electron chi connectivity index (χ2n) is 8.53. The Labute approximate surface area is 225 Å². The molecule has 2 N–H and O–H groups in total. The number of hydrogen-bond acceptors (Lipinski definition) is 7. The Kier molecular flexibility index (Phi) is 8.24. The lowest BCUT2D eigenvalue weighted by Crippen LogP contribution is -2.35. The van der Waals surface area contributed by atoms with Crippen LogP contribution in [0.2, 0.25) is 0 Å². The summed E-state index contributed by atoms with van der Waals surface area (Å²) in [4.78, 5) is 34.2. The van der Waals surface area contributed by atoms with Crippen LogP contribution in [0, 0.1) is 11.2 Å². The molecule has 10 heteroatoms. The molecule has 1 aliphatic rings. The van der Waals surface area contributed by atoms with Crippen LogP contribution in [0.5, 0.6) is 23.1 Å². The van der Waals surface area contributed by atoms with Crippen LogP contribution in [-0.2, 0) is 9.59 Å². The zero-order chi connectivity index (χ0) is 28.0. The minimum Gasteiger partial charge on any atom is -0.493 e. The maximum absolute atomic E-state index is 13.1. The summed E-state index contributed by atoms with van der Waals surface area (Å²) in [6, 6.07) is 15.6. The molecular formula is C29H29FN4O5. The molecule has 9 nitrogen and oxygen atoms in total. The molecule has 5 rings (SSSR count). The Bertz CT molecular complexity index is 1470. The molecule has 1 aromatic heterocycles. The lowest BCUT2D eigenvalue weighted by molar-refractivity contribution is -0.131. The summed E-state index contributed by atoms with van der Waals surface area (Å²) >= 11 is 0. The van der Waals surface area contributed by atoms with Crippen molar-refractivity contribution in [2.45, 2.75) is 26.7 Å². The van der Waals surface area contributed by atoms with Crippen molar-refractivity contribution in [3.05, 3.63) is 72.8 Å². The van der Waals surface area contributed by atoms with Gasteiger partial charge in [0, 0.05) is 17.4 Å². The second kappa shape index (κ2) is 11.8. The van der Waals surface area contributed by atoms with Crippen LogP contribution in [0.1, 0.15) is 26.7 Å². The molecule has 0 aliphatic heterocycles. The molecule has 0 saturated heterocycles. The van der Waals surface area contributed by atoms with Crippen molar-refractivity contribution < 1.29 is 28.2 Å². The predicted molar refractivity (Wildman–Crippen MR) is 146 cm³/mol. The maximum atomic E-state index is 13.1. The van der Waals surface area contributed by atoms with Gasteiger partial charge in [-0.25, -0.2) is 14.4 Å². The van der Waals surface area contributed by atoms with E-state index in [1.165, 1.54) is 30.6 Å². The number of halogens is 1. The topological polar surface area (TPSA) is 112 Å². The average Bonchev–Trinajstić information content (AvgIpc) is 3.78. The highest BCUT2D eigenvalue weighted by atomic mass is 19.1. The largest absolute Gasteiger partial charge is 0.493 e. The summed E-state index contributed by atoms with van der Waals surface area (Å²) in [7, 11) is 3.09. The van der Waals surface area contributed by atoms with E-state index in [4.69, 9.17) is 14.2 Å². The Morgan fingerprint density at radius 1 is 0.821 bits per heavy atom. The molecule has 0 unspecified atom stereocenters. The Hall–Kier alpha value is -4.73. The third kappa shape index (κ3) is 5.90. The number of fused-ring (bicyclic) bond motifs is 1. The highest BCUT2D eigenvalue weighted by molar-refractivity contribution is 6.16. The maximum Gasteiger partial charge on any atom is 0.240 e. The number of amides is 2. The molecular weight excluding hydrogens is 503 g/mol. The van der Waals surface area contributed by atoms with E-state index in [1.807, 2.05) is 13.8 Å². The first-order chi connectivity index (χ1) is 18.9. The van der Waals surface area contributed by atoms with E-state index in [0.717, 1.165) is 0 Å². The summed E-state index contributed by atoms with van der Waals surface area (Å²) in [5.41, 5.74) is 0.418. The number of hydrogen-bond donors (Lipinski definition) is 2. The molecule has 4 aromatic rings. The van der Waals surface area contributed by atoms with E-state index in [1.54, 1.807) is 50.6 Å². The van der Waals surface area contributed by atoms with E-state index < -0.39 is 23.0 Å². The number of ether oxygens (including phenoxy) is 3. The van der Waals surface area contributed by atoms with Crippen molar-refractivity contribution in [3.63, 3.8) is 0 Å². The third-order valence-electron chi connectivity index (χ3n) is 6.15. The molecule has 1 saturated carbocycles. The number of nitrogens with one attached hydrogen (secondary N) is 2. The smallest absolute Gasteiger partial charge is 0.240 e. The van der Waals surface area contributed by atoms with Gasteiger partial charge in [0.05, 0.1) is 25.1 Å². The van der Waals surface area contributed by atoms with Crippen molar-refractivity contribution in [3.8, 4) is 23.1 Å². The molecule has 1 aliphatic carbocycles. The van der Waals surface area contributed by atoms with Gasteiger partial charge in [0.25, 0.3) is 0 Å². The van der Waals surface area contributed by atoms with Gasteiger partial charge in [-0.3, -0.25) is 9.59 Å². The normalized spacial score (nSPS) is 12.9. The van der Waals surface area contributed by atoms with E-state index in [0.29, 0.717) is 58.2 Å². The Morgan fingerprint density at radius 3 is 1.90 bits per heavy atom. The number of methoxy groups -OCH3 is 2. The van der Waals surface area contributed by atoms with Crippen LogP contribution in [0.15, 0.2) is 67.0 Å². The van der Waals surface area contributed by atoms with Crippen molar-refractivity contribution in [2.75, 3.05) is 24.9 Å². The van der Waals surface area contributed by atoms with Crippen LogP contribution in [0.3, 0.4) is 0 Å². The van der Waals surface area contributed by atoms with Gasteiger partial charge in [-0.1, -0.05) is 13.8 Å². The van der Waals surface area contributed by atoms with Crippen LogP contribution in [0.25, 0.3) is 10.9 Å². The molecule has 0 radical (unpaired) electrons. The minimum atomic E-state index is -1.15. The molecule has 0 bridgehead atoms. The molecule has 1 heterocycles. The Morgan fingerprint density at radius 2 is 1.36 bits per heavy atom. The standard InChI is InChI=1S/C27H23FN4O5.C2H6/c1-35-22-13-20-21(14-23(22)36-2)29-15-30-24(20)37-19-9-7-18(8-10-19)32-26(34)27(11-12-27)25(33)31-17-5-3-16(28)4-6-17;1-2/h3-10,13-15H,11-12H2,1-2H3,(H,31,33)(H,32,34);1-2H3. The van der Waals surface area contributed by atoms with Crippen molar-refractivity contribution in [1.29, 1.82) is 0 Å². The fourth-order valence-corrected chi connectivity index (χ4v) is 3.88. The average molecular weight is 533 g/mol. The summed E-state index contributed by atoms with van der Waals surface area (Å²) in [5.74, 6) is 0.657. The molecule has 2 amide bonds. The van der Waals surface area contributed by atoms with Crippen molar-refractivity contribution in [2.24, 2.45) is 5.41 Å². The van der Waals surface area contributed by atoms with Gasteiger partial charge in [-0.05, 0) is 67.4 Å². The molecule has 1 fully saturated rings. The van der Waals surface area contributed by atoms with Crippen LogP contribution >= 0.6 is 0 Å². The second-order valence-corrected chi connectivity index (χ2v) is 8.53. The summed E-state index contributed by atoms with van der Waals surface area (Å²) in [6.07, 6.45) is 2.26. The zero-order valence-corrected chi connectivity index (χ0v) is 22.1. The predicted octanol–water partition coefficient (Wildman–Crippen LogP) is 5.96. The molecule has 39 heavy (non-hydrogen) atoms. The van der Waals surface area contributed by atoms with E-state index >= 15 is 0 Å². The first-order valence-electron chi connectivity index (χ1n) is 12.4. The number of benzene rings is 3. The zero-order valence-electron chi connectivity index (χ0n) is 22.1. The fourth-order valence-electron chi connectivity index (χ4n) is 3.88. The number of aromatic nitrogens is 2. The van der Waals surface area contributed by atoms with E-state index in [2.05, 4.69) is 20.6 Å². The molecule has 0 atom stereocenters. The quantitative estimate of drug-likeness (QED) is 0.269. The SMILES string of the molecule is CC.COc1cc2ncnc(Oc3ccc(NC(=O)C4(C(=O)Nc5ccc(F)cc5)CC4)cc3)c2cc1OC. The third-order valence-corrected chi connectivity index (χ3v) is 6.15. The molecule has 3 aromatic carbocycles. The first-order valence-corrected chi connectivity index (χ1v) is 12.4.